The molecular formula is C5H5F3N2. The summed E-state index contributed by atoms with van der Waals surface area (Å²) in [5.41, 5.74) is 0. The highest BCUT2D eigenvalue weighted by Gasteiger charge is 2.43. The molecule has 1 unspecified atom stereocenters. The zero-order chi connectivity index (χ0) is 7.78. The molecule has 0 saturated heterocycles. The van der Waals surface area contributed by atoms with Crippen LogP contribution < -0.4 is 0 Å². The lowest BCUT2D eigenvalue weighted by Crippen LogP contribution is -2.39. The molecule has 0 spiro atoms. The Kier molecular flexibility index (Phi) is 1.68. The third-order valence-corrected chi connectivity index (χ3v) is 1.18. The lowest BCUT2D eigenvalue weighted by atomic mass is 10.3. The van der Waals surface area contributed by atoms with E-state index in [4.69, 9.17) is 0 Å². The van der Waals surface area contributed by atoms with Crippen molar-refractivity contribution in [3.05, 3.63) is 6.67 Å². The van der Waals surface area contributed by atoms with Gasteiger partial charge < -0.3 is 0 Å². The second-order valence-electron chi connectivity index (χ2n) is 1.98. The fraction of sp³-hybridized carbons (Fsp3) is 0.600. The van der Waals surface area contributed by atoms with Gasteiger partial charge in [0.25, 0.3) is 0 Å². The van der Waals surface area contributed by atoms with Gasteiger partial charge in [0.15, 0.2) is 6.67 Å². The second kappa shape index (κ2) is 2.23. The molecule has 5 heteroatoms. The van der Waals surface area contributed by atoms with Crippen LogP contribution >= 0.6 is 0 Å². The maximum absolute atomic E-state index is 11.8. The van der Waals surface area contributed by atoms with Crippen LogP contribution in [0.2, 0.25) is 0 Å². The second-order valence-corrected chi connectivity index (χ2v) is 1.98. The fourth-order valence-corrected chi connectivity index (χ4v) is 0.661. The SMILES string of the molecule is CN1[C]N=CC1C(F)(F)F. The molecule has 1 aliphatic rings. The monoisotopic (exact) mass is 150 g/mol. The highest BCUT2D eigenvalue weighted by atomic mass is 19.4. The van der Waals surface area contributed by atoms with Crippen LogP contribution in [0.3, 0.4) is 0 Å². The van der Waals surface area contributed by atoms with E-state index in [0.717, 1.165) is 11.1 Å². The van der Waals surface area contributed by atoms with Gasteiger partial charge in [-0.1, -0.05) is 0 Å². The highest BCUT2D eigenvalue weighted by molar-refractivity contribution is 5.68. The molecule has 1 aliphatic heterocycles. The van der Waals surface area contributed by atoms with E-state index in [1.807, 2.05) is 0 Å². The van der Waals surface area contributed by atoms with Crippen LogP contribution in [-0.4, -0.2) is 30.4 Å². The van der Waals surface area contributed by atoms with E-state index in [-0.39, 0.29) is 0 Å². The van der Waals surface area contributed by atoms with Crippen LogP contribution in [-0.2, 0) is 0 Å². The molecule has 0 saturated carbocycles. The minimum absolute atomic E-state index is 0.819. The summed E-state index contributed by atoms with van der Waals surface area (Å²) < 4.78 is 35.5. The maximum Gasteiger partial charge on any atom is 0.409 e. The molecule has 0 aliphatic carbocycles. The molecule has 0 amide bonds. The van der Waals surface area contributed by atoms with Crippen molar-refractivity contribution >= 4 is 6.21 Å². The van der Waals surface area contributed by atoms with Crippen LogP contribution in [0.5, 0.6) is 0 Å². The molecule has 0 bridgehead atoms. The topological polar surface area (TPSA) is 15.6 Å². The van der Waals surface area contributed by atoms with E-state index < -0.39 is 12.2 Å². The molecule has 0 aromatic rings. The van der Waals surface area contributed by atoms with Crippen molar-refractivity contribution in [2.45, 2.75) is 12.2 Å². The summed E-state index contributed by atoms with van der Waals surface area (Å²) in [4.78, 5) is 4.13. The fourth-order valence-electron chi connectivity index (χ4n) is 0.661. The first-order valence-corrected chi connectivity index (χ1v) is 2.60. The molecule has 0 aromatic carbocycles. The predicted octanol–water partition coefficient (Wildman–Crippen LogP) is 0.930. The zero-order valence-electron chi connectivity index (χ0n) is 5.18. The summed E-state index contributed by atoms with van der Waals surface area (Å²) in [6.07, 6.45) is -3.41. The van der Waals surface area contributed by atoms with Crippen molar-refractivity contribution in [2.75, 3.05) is 7.05 Å². The molecule has 1 rings (SSSR count). The van der Waals surface area contributed by atoms with E-state index >= 15 is 0 Å². The molecule has 1 atom stereocenters. The lowest BCUT2D eigenvalue weighted by molar-refractivity contribution is -0.154. The van der Waals surface area contributed by atoms with Crippen LogP contribution in [0.25, 0.3) is 0 Å². The van der Waals surface area contributed by atoms with Gasteiger partial charge in [-0.15, -0.1) is 0 Å². The summed E-state index contributed by atoms with van der Waals surface area (Å²) in [6.45, 7) is 2.16. The minimum atomic E-state index is -4.23. The van der Waals surface area contributed by atoms with Crippen LogP contribution in [0.1, 0.15) is 0 Å². The Labute approximate surface area is 56.3 Å². The molecule has 2 radical (unpaired) electrons. The van der Waals surface area contributed by atoms with Crippen molar-refractivity contribution < 1.29 is 13.2 Å². The molecule has 0 N–H and O–H groups in total. The largest absolute Gasteiger partial charge is 0.409 e. The van der Waals surface area contributed by atoms with E-state index in [1.54, 1.807) is 0 Å². The maximum atomic E-state index is 11.8. The smallest absolute Gasteiger partial charge is 0.265 e. The minimum Gasteiger partial charge on any atom is -0.265 e. The Balaban J connectivity index is 2.64. The number of alkyl halides is 3. The number of hydrogen-bond acceptors (Lipinski definition) is 2. The Hall–Kier alpha value is -0.580. The quantitative estimate of drug-likeness (QED) is 0.501. The first kappa shape index (κ1) is 7.53. The summed E-state index contributed by atoms with van der Waals surface area (Å²) in [5, 5.41) is 0. The summed E-state index contributed by atoms with van der Waals surface area (Å²) >= 11 is 0. The van der Waals surface area contributed by atoms with Gasteiger partial charge in [-0.05, 0) is 7.05 Å². The van der Waals surface area contributed by atoms with E-state index in [2.05, 4.69) is 11.7 Å². The van der Waals surface area contributed by atoms with E-state index in [1.165, 1.54) is 7.05 Å². The number of hydrogen-bond donors (Lipinski definition) is 0. The number of halogens is 3. The molecule has 56 valence electrons. The van der Waals surface area contributed by atoms with Crippen molar-refractivity contribution in [2.24, 2.45) is 4.99 Å². The number of rotatable bonds is 0. The van der Waals surface area contributed by atoms with Gasteiger partial charge in [-0.25, -0.2) is 0 Å². The first-order valence-electron chi connectivity index (χ1n) is 2.60. The van der Waals surface area contributed by atoms with Crippen molar-refractivity contribution in [1.29, 1.82) is 0 Å². The first-order chi connectivity index (χ1) is 4.52. The molecule has 10 heavy (non-hydrogen) atoms. The average Bonchev–Trinajstić information content (AvgIpc) is 2.11. The van der Waals surface area contributed by atoms with Gasteiger partial charge >= 0.3 is 6.18 Å². The Bertz CT molecular complexity index is 151. The Morgan fingerprint density at radius 1 is 1.60 bits per heavy atom. The van der Waals surface area contributed by atoms with Gasteiger partial charge in [0.05, 0.1) is 0 Å². The van der Waals surface area contributed by atoms with Gasteiger partial charge in [-0.2, -0.15) is 13.2 Å². The molecular weight excluding hydrogens is 145 g/mol. The van der Waals surface area contributed by atoms with Gasteiger partial charge in [0, 0.05) is 6.21 Å². The van der Waals surface area contributed by atoms with Crippen LogP contribution in [0.15, 0.2) is 4.99 Å². The normalized spacial score (nSPS) is 27.8. The van der Waals surface area contributed by atoms with Crippen LogP contribution in [0.4, 0.5) is 13.2 Å². The standard InChI is InChI=1S/C5H5F3N2/c1-10-3-9-2-4(10)5(6,7)8/h2,4H,1H3. The predicted molar refractivity (Wildman–Crippen MR) is 29.3 cm³/mol. The van der Waals surface area contributed by atoms with Crippen molar-refractivity contribution in [3.63, 3.8) is 0 Å². The van der Waals surface area contributed by atoms with E-state index in [9.17, 15) is 13.2 Å². The Morgan fingerprint density at radius 3 is 2.40 bits per heavy atom. The highest BCUT2D eigenvalue weighted by Crippen LogP contribution is 2.25. The third-order valence-electron chi connectivity index (χ3n) is 1.18. The number of aliphatic imine (C=N–C) groups is 1. The Morgan fingerprint density at radius 2 is 2.20 bits per heavy atom. The molecule has 2 nitrogen and oxygen atoms in total. The summed E-state index contributed by atoms with van der Waals surface area (Å²) in [6, 6.07) is -1.59. The van der Waals surface area contributed by atoms with Gasteiger partial charge in [-0.3, -0.25) is 9.89 Å². The van der Waals surface area contributed by atoms with Crippen LogP contribution in [0, 0.1) is 6.67 Å². The number of nitrogens with zero attached hydrogens (tertiary/aromatic N) is 2. The van der Waals surface area contributed by atoms with Crippen molar-refractivity contribution in [1.82, 2.24) is 4.90 Å². The third kappa shape index (κ3) is 1.29. The molecule has 1 heterocycles. The summed E-state index contributed by atoms with van der Waals surface area (Å²) in [5.74, 6) is 0. The van der Waals surface area contributed by atoms with Crippen molar-refractivity contribution in [3.8, 4) is 0 Å². The summed E-state index contributed by atoms with van der Waals surface area (Å²) in [7, 11) is 1.28. The molecule has 0 fully saturated rings. The average molecular weight is 150 g/mol. The molecule has 0 aromatic heterocycles. The lowest BCUT2D eigenvalue weighted by Gasteiger charge is -2.18. The van der Waals surface area contributed by atoms with Gasteiger partial charge in [0.1, 0.15) is 6.04 Å². The zero-order valence-corrected chi connectivity index (χ0v) is 5.18. The van der Waals surface area contributed by atoms with E-state index in [0.29, 0.717) is 0 Å². The van der Waals surface area contributed by atoms with Gasteiger partial charge in [0.2, 0.25) is 0 Å².